The highest BCUT2D eigenvalue weighted by Gasteiger charge is 2.31. The normalized spacial score (nSPS) is 15.4. The highest BCUT2D eigenvalue weighted by molar-refractivity contribution is 7.88. The molecule has 0 atom stereocenters. The molecule has 4 heterocycles. The van der Waals surface area contributed by atoms with E-state index in [-0.39, 0.29) is 18.5 Å². The number of piperidine rings is 1. The zero-order valence-corrected chi connectivity index (χ0v) is 25.1. The zero-order valence-electron chi connectivity index (χ0n) is 24.3. The molecule has 1 N–H and O–H groups in total. The number of pyridine rings is 1. The summed E-state index contributed by atoms with van der Waals surface area (Å²) in [6, 6.07) is 28.4. The summed E-state index contributed by atoms with van der Waals surface area (Å²) in [4.78, 5) is 13.4. The van der Waals surface area contributed by atoms with Gasteiger partial charge in [0, 0.05) is 30.3 Å². The Bertz CT molecular complexity index is 1900. The van der Waals surface area contributed by atoms with Crippen molar-refractivity contribution < 1.29 is 22.6 Å². The lowest BCUT2D eigenvalue weighted by Gasteiger charge is -2.30. The predicted octanol–water partition coefficient (Wildman–Crippen LogP) is 6.68. The van der Waals surface area contributed by atoms with Crippen LogP contribution in [0, 0.1) is 6.92 Å². The van der Waals surface area contributed by atoms with Crippen LogP contribution in [0.4, 0.5) is 0 Å². The summed E-state index contributed by atoms with van der Waals surface area (Å²) in [5.74, 6) is 3.54. The van der Waals surface area contributed by atoms with Gasteiger partial charge in [-0.1, -0.05) is 36.4 Å². The third-order valence-corrected chi connectivity index (χ3v) is 9.82. The van der Waals surface area contributed by atoms with Gasteiger partial charge >= 0.3 is 0 Å². The second kappa shape index (κ2) is 11.8. The molecule has 0 radical (unpaired) electrons. The number of sulfonamides is 1. The molecular weight excluding hydrogens is 576 g/mol. The molecule has 0 amide bonds. The van der Waals surface area contributed by atoms with E-state index >= 15 is 0 Å². The van der Waals surface area contributed by atoms with Crippen LogP contribution in [0.2, 0.25) is 0 Å². The van der Waals surface area contributed by atoms with Crippen molar-refractivity contribution in [1.82, 2.24) is 19.3 Å². The Morgan fingerprint density at radius 2 is 1.64 bits per heavy atom. The first-order valence-corrected chi connectivity index (χ1v) is 16.3. The first kappa shape index (κ1) is 28.1. The molecule has 0 unspecified atom stereocenters. The van der Waals surface area contributed by atoms with Gasteiger partial charge in [-0.15, -0.1) is 0 Å². The summed E-state index contributed by atoms with van der Waals surface area (Å²) in [5, 5.41) is 0. The maximum Gasteiger partial charge on any atom is 0.231 e. The van der Waals surface area contributed by atoms with Crippen molar-refractivity contribution in [2.75, 3.05) is 19.9 Å². The number of benzene rings is 3. The third kappa shape index (κ3) is 5.91. The van der Waals surface area contributed by atoms with Gasteiger partial charge in [0.05, 0.1) is 22.8 Å². The molecule has 3 aromatic carbocycles. The third-order valence-electron chi connectivity index (χ3n) is 7.97. The molecule has 7 rings (SSSR count). The fourth-order valence-electron chi connectivity index (χ4n) is 5.74. The fourth-order valence-corrected chi connectivity index (χ4v) is 7.29. The van der Waals surface area contributed by atoms with Gasteiger partial charge in [0.1, 0.15) is 17.3 Å². The quantitative estimate of drug-likeness (QED) is 0.210. The van der Waals surface area contributed by atoms with Gasteiger partial charge in [-0.3, -0.25) is 4.98 Å². The van der Waals surface area contributed by atoms with Crippen LogP contribution in [0.5, 0.6) is 23.0 Å². The van der Waals surface area contributed by atoms with Crippen LogP contribution in [0.15, 0.2) is 91.0 Å². The number of aryl methyl sites for hydroxylation is 1. The standard InChI is InChI=1S/C34H32N4O5S/c1-23-7-5-12-29(35-23)33-32(26-13-14-30-31(20-26)42-22-41-30)36-34(37-33)25-15-17-38(18-16-25)44(39,40)21-24-8-6-11-28(19-24)43-27-9-3-2-4-10-27/h2-14,19-20,25H,15-18,21-22H2,1H3,(H,36,37). The largest absolute Gasteiger partial charge is 0.457 e. The number of nitrogens with zero attached hydrogens (tertiary/aromatic N) is 3. The van der Waals surface area contributed by atoms with E-state index in [0.29, 0.717) is 54.5 Å². The van der Waals surface area contributed by atoms with E-state index in [1.165, 1.54) is 0 Å². The number of fused-ring (bicyclic) bond motifs is 1. The summed E-state index contributed by atoms with van der Waals surface area (Å²) >= 11 is 0. The van der Waals surface area contributed by atoms with E-state index in [2.05, 4.69) is 4.98 Å². The number of nitrogens with one attached hydrogen (secondary N) is 1. The van der Waals surface area contributed by atoms with Gasteiger partial charge in [-0.2, -0.15) is 0 Å². The second-order valence-electron chi connectivity index (χ2n) is 11.1. The molecular formula is C34H32N4O5S. The number of aromatic nitrogens is 3. The Kier molecular flexibility index (Phi) is 7.53. The minimum atomic E-state index is -3.52. The Balaban J connectivity index is 1.08. The van der Waals surface area contributed by atoms with Crippen LogP contribution < -0.4 is 14.2 Å². The molecule has 0 aliphatic carbocycles. The number of hydrogen-bond donors (Lipinski definition) is 1. The SMILES string of the molecule is Cc1cccc(-c2[nH]c(C3CCN(S(=O)(=O)Cc4cccc(Oc5ccccc5)c4)CC3)nc2-c2ccc3c(c2)OCO3)n1. The van der Waals surface area contributed by atoms with Crippen molar-refractivity contribution in [3.63, 3.8) is 0 Å². The van der Waals surface area contributed by atoms with Crippen LogP contribution in [-0.2, 0) is 15.8 Å². The van der Waals surface area contributed by atoms with Crippen molar-refractivity contribution in [3.05, 3.63) is 108 Å². The maximum absolute atomic E-state index is 13.5. The molecule has 0 spiro atoms. The van der Waals surface area contributed by atoms with Crippen LogP contribution >= 0.6 is 0 Å². The van der Waals surface area contributed by atoms with Crippen LogP contribution in [0.3, 0.4) is 0 Å². The Morgan fingerprint density at radius 1 is 0.864 bits per heavy atom. The molecule has 5 aromatic rings. The summed E-state index contributed by atoms with van der Waals surface area (Å²) in [5.41, 5.74) is 4.91. The van der Waals surface area contributed by atoms with E-state index in [4.69, 9.17) is 24.2 Å². The lowest BCUT2D eigenvalue weighted by Crippen LogP contribution is -2.38. The highest BCUT2D eigenvalue weighted by Crippen LogP contribution is 2.40. The lowest BCUT2D eigenvalue weighted by molar-refractivity contribution is 0.174. The molecule has 2 aromatic heterocycles. The Labute approximate surface area is 256 Å². The van der Waals surface area contributed by atoms with Crippen molar-refractivity contribution in [2.45, 2.75) is 31.4 Å². The van der Waals surface area contributed by atoms with E-state index in [9.17, 15) is 8.42 Å². The summed E-state index contributed by atoms with van der Waals surface area (Å²) in [6.07, 6.45) is 1.32. The van der Waals surface area contributed by atoms with Gasteiger partial charge < -0.3 is 19.2 Å². The minimum absolute atomic E-state index is 0.0790. The Morgan fingerprint density at radius 3 is 2.45 bits per heavy atom. The van der Waals surface area contributed by atoms with Crippen LogP contribution in [0.1, 0.15) is 35.8 Å². The van der Waals surface area contributed by atoms with Crippen LogP contribution in [0.25, 0.3) is 22.6 Å². The second-order valence-corrected chi connectivity index (χ2v) is 13.0. The summed E-state index contributed by atoms with van der Waals surface area (Å²) in [7, 11) is -3.52. The number of hydrogen-bond acceptors (Lipinski definition) is 7. The molecule has 2 aliphatic rings. The van der Waals surface area contributed by atoms with Crippen molar-refractivity contribution >= 4 is 10.0 Å². The topological polar surface area (TPSA) is 107 Å². The Hall–Kier alpha value is -4.67. The van der Waals surface area contributed by atoms with Crippen molar-refractivity contribution in [1.29, 1.82) is 0 Å². The van der Waals surface area contributed by atoms with Gasteiger partial charge in [0.25, 0.3) is 0 Å². The van der Waals surface area contributed by atoms with E-state index in [1.54, 1.807) is 10.4 Å². The highest BCUT2D eigenvalue weighted by atomic mass is 32.2. The first-order chi connectivity index (χ1) is 21.4. The molecule has 9 nitrogen and oxygen atoms in total. The number of para-hydroxylation sites is 1. The number of aromatic amines is 1. The summed E-state index contributed by atoms with van der Waals surface area (Å²) in [6.45, 7) is 3.01. The maximum atomic E-state index is 13.5. The smallest absolute Gasteiger partial charge is 0.231 e. The average molecular weight is 609 g/mol. The van der Waals surface area contributed by atoms with E-state index in [0.717, 1.165) is 34.2 Å². The first-order valence-electron chi connectivity index (χ1n) is 14.6. The fraction of sp³-hybridized carbons (Fsp3) is 0.235. The van der Waals surface area contributed by atoms with Crippen molar-refractivity contribution in [3.8, 4) is 45.6 Å². The monoisotopic (exact) mass is 608 g/mol. The molecule has 10 heteroatoms. The summed E-state index contributed by atoms with van der Waals surface area (Å²) < 4.78 is 45.5. The van der Waals surface area contributed by atoms with E-state index < -0.39 is 10.0 Å². The van der Waals surface area contributed by atoms with Gasteiger partial charge in [-0.25, -0.2) is 17.7 Å². The number of rotatable bonds is 8. The number of imidazole rings is 1. The van der Waals surface area contributed by atoms with E-state index in [1.807, 2.05) is 91.9 Å². The zero-order chi connectivity index (χ0) is 30.1. The van der Waals surface area contributed by atoms with Gasteiger partial charge in [-0.05, 0) is 79.9 Å². The number of ether oxygens (including phenoxy) is 3. The van der Waals surface area contributed by atoms with Gasteiger partial charge in [0.15, 0.2) is 11.5 Å². The lowest BCUT2D eigenvalue weighted by atomic mass is 9.97. The molecule has 0 saturated carbocycles. The number of H-pyrrole nitrogens is 1. The molecule has 1 saturated heterocycles. The average Bonchev–Trinajstić information content (AvgIpc) is 3.69. The van der Waals surface area contributed by atoms with Crippen LogP contribution in [-0.4, -0.2) is 47.6 Å². The molecule has 0 bridgehead atoms. The van der Waals surface area contributed by atoms with Gasteiger partial charge in [0.2, 0.25) is 16.8 Å². The molecule has 224 valence electrons. The minimum Gasteiger partial charge on any atom is -0.457 e. The molecule has 44 heavy (non-hydrogen) atoms. The predicted molar refractivity (Wildman–Crippen MR) is 167 cm³/mol. The van der Waals surface area contributed by atoms with Crippen molar-refractivity contribution in [2.24, 2.45) is 0 Å². The molecule has 2 aliphatic heterocycles. The molecule has 1 fully saturated rings.